The smallest absolute Gasteiger partial charge is 0.180 e. The van der Waals surface area contributed by atoms with Crippen LogP contribution in [-0.2, 0) is 6.61 Å². The van der Waals surface area contributed by atoms with Crippen molar-refractivity contribution in [1.82, 2.24) is 4.98 Å². The number of nitrogens with two attached hydrogens (primary N) is 1. The lowest BCUT2D eigenvalue weighted by Crippen LogP contribution is -1.95. The Morgan fingerprint density at radius 1 is 1.14 bits per heavy atom. The van der Waals surface area contributed by atoms with Crippen molar-refractivity contribution in [2.75, 3.05) is 5.73 Å². The van der Waals surface area contributed by atoms with Gasteiger partial charge >= 0.3 is 0 Å². The zero-order chi connectivity index (χ0) is 14.7. The van der Waals surface area contributed by atoms with Crippen molar-refractivity contribution in [2.24, 2.45) is 0 Å². The second kappa shape index (κ2) is 6.16. The maximum absolute atomic E-state index is 5.96. The third-order valence-corrected chi connectivity index (χ3v) is 3.86. The van der Waals surface area contributed by atoms with Crippen molar-refractivity contribution < 1.29 is 4.74 Å². The van der Waals surface area contributed by atoms with Gasteiger partial charge < -0.3 is 10.5 Å². The van der Waals surface area contributed by atoms with E-state index in [0.717, 1.165) is 22.6 Å². The molecule has 3 nitrogen and oxygen atoms in total. The summed E-state index contributed by atoms with van der Waals surface area (Å²) >= 11 is 7.39. The Hall–Kier alpha value is -2.04. The first kappa shape index (κ1) is 13.9. The summed E-state index contributed by atoms with van der Waals surface area (Å²) in [5.41, 5.74) is 8.56. The van der Waals surface area contributed by atoms with Crippen molar-refractivity contribution in [2.45, 2.75) is 6.61 Å². The number of aromatic nitrogens is 1. The van der Waals surface area contributed by atoms with E-state index in [9.17, 15) is 0 Å². The molecule has 0 saturated carbocycles. The highest BCUT2D eigenvalue weighted by atomic mass is 35.5. The number of thiazole rings is 1. The van der Waals surface area contributed by atoms with Crippen molar-refractivity contribution in [1.29, 1.82) is 0 Å². The normalized spacial score (nSPS) is 10.5. The summed E-state index contributed by atoms with van der Waals surface area (Å²) in [6, 6.07) is 15.4. The predicted molar refractivity (Wildman–Crippen MR) is 87.7 cm³/mol. The van der Waals surface area contributed by atoms with Gasteiger partial charge in [0.1, 0.15) is 12.4 Å². The Kier molecular flexibility index (Phi) is 4.08. The Morgan fingerprint density at radius 3 is 2.76 bits per heavy atom. The van der Waals surface area contributed by atoms with Crippen LogP contribution in [0.4, 0.5) is 5.13 Å². The molecule has 0 radical (unpaired) electrons. The monoisotopic (exact) mass is 316 g/mol. The average molecular weight is 317 g/mol. The second-order valence-corrected chi connectivity index (χ2v) is 5.84. The van der Waals surface area contributed by atoms with Crippen molar-refractivity contribution in [3.8, 4) is 17.0 Å². The van der Waals surface area contributed by atoms with Gasteiger partial charge in [-0.15, -0.1) is 11.3 Å². The summed E-state index contributed by atoms with van der Waals surface area (Å²) in [4.78, 5) is 4.28. The average Bonchev–Trinajstić information content (AvgIpc) is 2.92. The van der Waals surface area contributed by atoms with Crippen molar-refractivity contribution in [3.05, 3.63) is 64.5 Å². The fourth-order valence-corrected chi connectivity index (χ4v) is 2.74. The number of hydrogen-bond donors (Lipinski definition) is 1. The minimum absolute atomic E-state index is 0.475. The summed E-state index contributed by atoms with van der Waals surface area (Å²) in [5, 5.41) is 3.21. The predicted octanol–water partition coefficient (Wildman–Crippen LogP) is 4.62. The van der Waals surface area contributed by atoms with Crippen LogP contribution in [0.3, 0.4) is 0 Å². The molecular weight excluding hydrogens is 304 g/mol. The molecule has 0 aliphatic heterocycles. The van der Waals surface area contributed by atoms with E-state index >= 15 is 0 Å². The van der Waals surface area contributed by atoms with E-state index in [-0.39, 0.29) is 0 Å². The summed E-state index contributed by atoms with van der Waals surface area (Å²) in [7, 11) is 0. The van der Waals surface area contributed by atoms with Gasteiger partial charge in [0, 0.05) is 16.0 Å². The number of halogens is 1. The van der Waals surface area contributed by atoms with Crippen LogP contribution in [0.5, 0.6) is 5.75 Å². The molecule has 0 spiro atoms. The van der Waals surface area contributed by atoms with Crippen LogP contribution in [0.2, 0.25) is 5.02 Å². The first-order valence-electron chi connectivity index (χ1n) is 6.39. The van der Waals surface area contributed by atoms with Gasteiger partial charge in [-0.05, 0) is 29.8 Å². The van der Waals surface area contributed by atoms with E-state index in [1.165, 1.54) is 11.3 Å². The largest absolute Gasteiger partial charge is 0.489 e. The lowest BCUT2D eigenvalue weighted by atomic mass is 10.1. The van der Waals surface area contributed by atoms with Gasteiger partial charge in [-0.1, -0.05) is 35.9 Å². The molecule has 2 aromatic carbocycles. The summed E-state index contributed by atoms with van der Waals surface area (Å²) in [6.45, 7) is 0.475. The SMILES string of the molecule is Nc1nc(-c2cccc(OCc3cccc(Cl)c3)c2)cs1. The minimum Gasteiger partial charge on any atom is -0.489 e. The maximum atomic E-state index is 5.96. The fourth-order valence-electron chi connectivity index (χ4n) is 1.96. The number of nitrogens with zero attached hydrogens (tertiary/aromatic N) is 1. The standard InChI is InChI=1S/C16H13ClN2OS/c17-13-5-1-3-11(7-13)9-20-14-6-2-4-12(8-14)15-10-21-16(18)19-15/h1-8,10H,9H2,(H2,18,19). The Bertz CT molecular complexity index is 757. The molecule has 0 fully saturated rings. The number of rotatable bonds is 4. The number of ether oxygens (including phenoxy) is 1. The summed E-state index contributed by atoms with van der Waals surface area (Å²) in [5.74, 6) is 0.791. The van der Waals surface area contributed by atoms with Gasteiger partial charge in [-0.3, -0.25) is 0 Å². The van der Waals surface area contributed by atoms with Gasteiger partial charge in [-0.2, -0.15) is 0 Å². The van der Waals surface area contributed by atoms with E-state index in [1.54, 1.807) is 0 Å². The Labute approximate surface area is 132 Å². The van der Waals surface area contributed by atoms with Crippen LogP contribution in [0.1, 0.15) is 5.56 Å². The summed E-state index contributed by atoms with van der Waals surface area (Å²) < 4.78 is 5.80. The topological polar surface area (TPSA) is 48.1 Å². The molecule has 3 aromatic rings. The molecule has 2 N–H and O–H groups in total. The molecule has 0 atom stereocenters. The maximum Gasteiger partial charge on any atom is 0.180 e. The number of anilines is 1. The Morgan fingerprint density at radius 2 is 2.00 bits per heavy atom. The first-order chi connectivity index (χ1) is 10.2. The van der Waals surface area contributed by atoms with E-state index < -0.39 is 0 Å². The molecule has 0 aliphatic carbocycles. The zero-order valence-corrected chi connectivity index (χ0v) is 12.7. The molecule has 1 aromatic heterocycles. The van der Waals surface area contributed by atoms with Gasteiger partial charge in [0.15, 0.2) is 5.13 Å². The third kappa shape index (κ3) is 3.54. The first-order valence-corrected chi connectivity index (χ1v) is 7.65. The molecule has 106 valence electrons. The van der Waals surface area contributed by atoms with E-state index in [0.29, 0.717) is 16.8 Å². The lowest BCUT2D eigenvalue weighted by molar-refractivity contribution is 0.306. The molecule has 1 heterocycles. The van der Waals surface area contributed by atoms with Gasteiger partial charge in [0.05, 0.1) is 5.69 Å². The quantitative estimate of drug-likeness (QED) is 0.763. The van der Waals surface area contributed by atoms with E-state index in [4.69, 9.17) is 22.1 Å². The second-order valence-electron chi connectivity index (χ2n) is 4.52. The molecule has 0 aliphatic rings. The molecule has 21 heavy (non-hydrogen) atoms. The van der Waals surface area contributed by atoms with Gasteiger partial charge in [-0.25, -0.2) is 4.98 Å². The van der Waals surface area contributed by atoms with E-state index in [2.05, 4.69) is 4.98 Å². The van der Waals surface area contributed by atoms with Crippen LogP contribution in [0, 0.1) is 0 Å². The molecule has 5 heteroatoms. The Balaban J connectivity index is 1.74. The lowest BCUT2D eigenvalue weighted by Gasteiger charge is -2.07. The van der Waals surface area contributed by atoms with Crippen LogP contribution in [0.25, 0.3) is 11.3 Å². The molecule has 0 saturated heterocycles. The van der Waals surface area contributed by atoms with Crippen LogP contribution >= 0.6 is 22.9 Å². The van der Waals surface area contributed by atoms with Crippen molar-refractivity contribution >= 4 is 28.1 Å². The van der Waals surface area contributed by atoms with E-state index in [1.807, 2.05) is 53.9 Å². The third-order valence-electron chi connectivity index (χ3n) is 2.95. The molecule has 0 unspecified atom stereocenters. The highest BCUT2D eigenvalue weighted by Gasteiger charge is 2.04. The number of nitrogen functional groups attached to an aromatic ring is 1. The molecule has 0 bridgehead atoms. The fraction of sp³-hybridized carbons (Fsp3) is 0.0625. The van der Waals surface area contributed by atoms with Crippen LogP contribution in [-0.4, -0.2) is 4.98 Å². The molecule has 3 rings (SSSR count). The minimum atomic E-state index is 0.475. The van der Waals surface area contributed by atoms with Crippen LogP contribution in [0.15, 0.2) is 53.9 Å². The number of benzene rings is 2. The van der Waals surface area contributed by atoms with Crippen molar-refractivity contribution in [3.63, 3.8) is 0 Å². The molecular formula is C16H13ClN2OS. The van der Waals surface area contributed by atoms with Crippen LogP contribution < -0.4 is 10.5 Å². The highest BCUT2D eigenvalue weighted by molar-refractivity contribution is 7.13. The number of hydrogen-bond acceptors (Lipinski definition) is 4. The van der Waals surface area contributed by atoms with Gasteiger partial charge in [0.2, 0.25) is 0 Å². The van der Waals surface area contributed by atoms with Gasteiger partial charge in [0.25, 0.3) is 0 Å². The molecule has 0 amide bonds. The summed E-state index contributed by atoms with van der Waals surface area (Å²) in [6.07, 6.45) is 0. The zero-order valence-electron chi connectivity index (χ0n) is 11.1. The highest BCUT2D eigenvalue weighted by Crippen LogP contribution is 2.26.